The molecule has 0 aliphatic rings. The molecular formula is C14H14O5. The average molecular weight is 262 g/mol. The molecule has 1 rings (SSSR count). The topological polar surface area (TPSA) is 72.8 Å². The van der Waals surface area contributed by atoms with Gasteiger partial charge in [-0.2, -0.15) is 0 Å². The average Bonchev–Trinajstić information content (AvgIpc) is 2.37. The first-order valence-electron chi connectivity index (χ1n) is 5.40. The molecule has 0 heterocycles. The van der Waals surface area contributed by atoms with Crippen LogP contribution in [0.25, 0.3) is 6.08 Å². The Morgan fingerprint density at radius 2 is 2.00 bits per heavy atom. The first-order valence-corrected chi connectivity index (χ1v) is 5.40. The van der Waals surface area contributed by atoms with Crippen molar-refractivity contribution in [3.05, 3.63) is 42.0 Å². The van der Waals surface area contributed by atoms with E-state index in [4.69, 9.17) is 14.6 Å². The number of carboxylic acid groups (broad SMARTS) is 1. The smallest absolute Gasteiger partial charge is 0.338 e. The van der Waals surface area contributed by atoms with Gasteiger partial charge in [0.05, 0.1) is 7.11 Å². The Bertz CT molecular complexity index is 543. The number of hydrogen-bond acceptors (Lipinski definition) is 4. The largest absolute Gasteiger partial charge is 0.493 e. The Balaban J connectivity index is 2.99. The molecule has 0 aliphatic heterocycles. The third kappa shape index (κ3) is 4.31. The molecule has 5 heteroatoms. The van der Waals surface area contributed by atoms with Crippen LogP contribution in [0.1, 0.15) is 12.5 Å². The number of aliphatic carboxylic acids is 1. The van der Waals surface area contributed by atoms with Crippen molar-refractivity contribution in [3.8, 4) is 11.5 Å². The molecule has 0 aliphatic carbocycles. The van der Waals surface area contributed by atoms with Gasteiger partial charge in [0, 0.05) is 11.6 Å². The molecular weight excluding hydrogens is 248 g/mol. The number of carbonyl (C=O) groups excluding carboxylic acids is 1. The van der Waals surface area contributed by atoms with Crippen molar-refractivity contribution < 1.29 is 24.2 Å². The number of carbonyl (C=O) groups is 2. The number of rotatable bonds is 5. The Labute approximate surface area is 110 Å². The van der Waals surface area contributed by atoms with Gasteiger partial charge in [-0.15, -0.1) is 0 Å². The van der Waals surface area contributed by atoms with E-state index in [1.165, 1.54) is 19.3 Å². The van der Waals surface area contributed by atoms with Crippen LogP contribution in [-0.2, 0) is 9.59 Å². The maximum atomic E-state index is 11.4. The third-order valence-corrected chi connectivity index (χ3v) is 2.16. The molecule has 1 N–H and O–H groups in total. The second-order valence-corrected chi connectivity index (χ2v) is 3.75. The summed E-state index contributed by atoms with van der Waals surface area (Å²) in [5.74, 6) is -1.01. The van der Waals surface area contributed by atoms with Crippen LogP contribution in [0.4, 0.5) is 0 Å². The van der Waals surface area contributed by atoms with E-state index in [0.29, 0.717) is 11.3 Å². The number of benzene rings is 1. The van der Waals surface area contributed by atoms with Crippen LogP contribution in [0.5, 0.6) is 11.5 Å². The third-order valence-electron chi connectivity index (χ3n) is 2.16. The Morgan fingerprint density at radius 1 is 1.32 bits per heavy atom. The van der Waals surface area contributed by atoms with Gasteiger partial charge in [-0.3, -0.25) is 0 Å². The van der Waals surface area contributed by atoms with E-state index >= 15 is 0 Å². The summed E-state index contributed by atoms with van der Waals surface area (Å²) in [6.07, 6.45) is 2.42. The summed E-state index contributed by atoms with van der Waals surface area (Å²) in [5.41, 5.74) is 0.895. The van der Waals surface area contributed by atoms with Gasteiger partial charge in [0.1, 0.15) is 0 Å². The van der Waals surface area contributed by atoms with Crippen molar-refractivity contribution in [1.82, 2.24) is 0 Å². The minimum atomic E-state index is -1.04. The van der Waals surface area contributed by atoms with Crippen molar-refractivity contribution in [2.24, 2.45) is 0 Å². The summed E-state index contributed by atoms with van der Waals surface area (Å²) in [6, 6.07) is 4.71. The molecule has 0 radical (unpaired) electrons. The number of ether oxygens (including phenoxy) is 2. The fourth-order valence-electron chi connectivity index (χ4n) is 1.23. The highest BCUT2D eigenvalue weighted by molar-refractivity contribution is 5.89. The molecule has 5 nitrogen and oxygen atoms in total. The molecule has 100 valence electrons. The predicted molar refractivity (Wildman–Crippen MR) is 70.1 cm³/mol. The molecule has 0 saturated heterocycles. The Kier molecular flexibility index (Phi) is 4.88. The zero-order valence-corrected chi connectivity index (χ0v) is 10.7. The second-order valence-electron chi connectivity index (χ2n) is 3.75. The quantitative estimate of drug-likeness (QED) is 0.500. The van der Waals surface area contributed by atoms with Crippen LogP contribution in [0.2, 0.25) is 0 Å². The zero-order valence-electron chi connectivity index (χ0n) is 10.7. The lowest BCUT2D eigenvalue weighted by molar-refractivity contribution is -0.131. The standard InChI is InChI=1S/C14H14O5/c1-9(2)14(17)19-11-6-4-10(5-7-13(15)16)8-12(11)18-3/h4-8H,1H2,2-3H3,(H,15,16). The van der Waals surface area contributed by atoms with Gasteiger partial charge in [-0.05, 0) is 30.7 Å². The Hall–Kier alpha value is -2.56. The van der Waals surface area contributed by atoms with Gasteiger partial charge in [-0.25, -0.2) is 9.59 Å². The zero-order chi connectivity index (χ0) is 14.4. The van der Waals surface area contributed by atoms with E-state index in [2.05, 4.69) is 6.58 Å². The maximum absolute atomic E-state index is 11.4. The lowest BCUT2D eigenvalue weighted by atomic mass is 10.2. The number of methoxy groups -OCH3 is 1. The van der Waals surface area contributed by atoms with E-state index in [-0.39, 0.29) is 11.3 Å². The van der Waals surface area contributed by atoms with E-state index in [1.54, 1.807) is 19.1 Å². The van der Waals surface area contributed by atoms with Gasteiger partial charge in [0.15, 0.2) is 11.5 Å². The summed E-state index contributed by atoms with van der Waals surface area (Å²) < 4.78 is 10.2. The van der Waals surface area contributed by atoms with E-state index < -0.39 is 11.9 Å². The van der Waals surface area contributed by atoms with Crippen LogP contribution >= 0.6 is 0 Å². The SMILES string of the molecule is C=C(C)C(=O)Oc1ccc(C=CC(=O)O)cc1OC. The Morgan fingerprint density at radius 3 is 2.53 bits per heavy atom. The molecule has 0 unspecified atom stereocenters. The minimum absolute atomic E-state index is 0.253. The second kappa shape index (κ2) is 6.39. The van der Waals surface area contributed by atoms with Crippen molar-refractivity contribution in [2.45, 2.75) is 6.92 Å². The molecule has 0 amide bonds. The molecule has 19 heavy (non-hydrogen) atoms. The van der Waals surface area contributed by atoms with Gasteiger partial charge in [0.2, 0.25) is 0 Å². The lowest BCUT2D eigenvalue weighted by Gasteiger charge is -2.09. The highest BCUT2D eigenvalue weighted by Crippen LogP contribution is 2.29. The number of esters is 1. The predicted octanol–water partition coefficient (Wildman–Crippen LogP) is 2.27. The van der Waals surface area contributed by atoms with E-state index in [0.717, 1.165) is 6.08 Å². The van der Waals surface area contributed by atoms with Crippen LogP contribution < -0.4 is 9.47 Å². The number of carboxylic acids is 1. The van der Waals surface area contributed by atoms with Crippen molar-refractivity contribution in [2.75, 3.05) is 7.11 Å². The van der Waals surface area contributed by atoms with Gasteiger partial charge >= 0.3 is 11.9 Å². The summed E-state index contributed by atoms with van der Waals surface area (Å²) in [7, 11) is 1.43. The summed E-state index contributed by atoms with van der Waals surface area (Å²) >= 11 is 0. The molecule has 0 fully saturated rings. The lowest BCUT2D eigenvalue weighted by Crippen LogP contribution is -2.09. The highest BCUT2D eigenvalue weighted by Gasteiger charge is 2.10. The van der Waals surface area contributed by atoms with Crippen LogP contribution in [-0.4, -0.2) is 24.2 Å². The maximum Gasteiger partial charge on any atom is 0.338 e. The van der Waals surface area contributed by atoms with Crippen LogP contribution in [0, 0.1) is 0 Å². The van der Waals surface area contributed by atoms with E-state index in [9.17, 15) is 9.59 Å². The monoisotopic (exact) mass is 262 g/mol. The molecule has 0 spiro atoms. The van der Waals surface area contributed by atoms with Gasteiger partial charge < -0.3 is 14.6 Å². The fourth-order valence-corrected chi connectivity index (χ4v) is 1.23. The first-order chi connectivity index (χ1) is 8.93. The number of hydrogen-bond donors (Lipinski definition) is 1. The molecule has 0 bridgehead atoms. The van der Waals surface area contributed by atoms with Crippen molar-refractivity contribution in [3.63, 3.8) is 0 Å². The highest BCUT2D eigenvalue weighted by atomic mass is 16.6. The normalized spacial score (nSPS) is 10.2. The van der Waals surface area contributed by atoms with Crippen molar-refractivity contribution in [1.29, 1.82) is 0 Å². The summed E-state index contributed by atoms with van der Waals surface area (Å²) in [6.45, 7) is 5.02. The summed E-state index contributed by atoms with van der Waals surface area (Å²) in [4.78, 5) is 21.8. The molecule has 0 atom stereocenters. The van der Waals surface area contributed by atoms with Crippen LogP contribution in [0.3, 0.4) is 0 Å². The molecule has 1 aromatic carbocycles. The first kappa shape index (κ1) is 14.5. The fraction of sp³-hybridized carbons (Fsp3) is 0.143. The molecule has 0 saturated carbocycles. The van der Waals surface area contributed by atoms with Crippen LogP contribution in [0.15, 0.2) is 36.4 Å². The minimum Gasteiger partial charge on any atom is -0.493 e. The molecule has 0 aromatic heterocycles. The van der Waals surface area contributed by atoms with Crippen molar-refractivity contribution >= 4 is 18.0 Å². The molecule has 1 aromatic rings. The van der Waals surface area contributed by atoms with Gasteiger partial charge in [-0.1, -0.05) is 12.6 Å². The van der Waals surface area contributed by atoms with E-state index in [1.807, 2.05) is 0 Å². The van der Waals surface area contributed by atoms with Gasteiger partial charge in [0.25, 0.3) is 0 Å². The summed E-state index contributed by atoms with van der Waals surface area (Å²) in [5, 5.41) is 8.54.